The average Bonchev–Trinajstić information content (AvgIpc) is 3.39. The van der Waals surface area contributed by atoms with Crippen LogP contribution in [0.25, 0.3) is 11.0 Å². The third-order valence-corrected chi connectivity index (χ3v) is 6.57. The summed E-state index contributed by atoms with van der Waals surface area (Å²) in [5.74, 6) is -0.378. The van der Waals surface area contributed by atoms with Crippen LogP contribution in [0.15, 0.2) is 35.7 Å². The van der Waals surface area contributed by atoms with E-state index in [9.17, 15) is 14.7 Å². The summed E-state index contributed by atoms with van der Waals surface area (Å²) in [6.07, 6.45) is 4.81. The number of carboxylic acid groups (broad SMARTS) is 1. The molecule has 0 spiro atoms. The first-order valence-electron chi connectivity index (χ1n) is 11.0. The number of carbonyl (C=O) groups is 2. The van der Waals surface area contributed by atoms with E-state index in [4.69, 9.17) is 4.98 Å². The second-order valence-corrected chi connectivity index (χ2v) is 8.87. The molecule has 0 aliphatic heterocycles. The molecule has 0 saturated heterocycles. The highest BCUT2D eigenvalue weighted by Gasteiger charge is 2.22. The number of carbonyl (C=O) groups excluding carboxylic acids is 1. The van der Waals surface area contributed by atoms with Gasteiger partial charge in [0.1, 0.15) is 11.9 Å². The van der Waals surface area contributed by atoms with Crippen molar-refractivity contribution in [1.82, 2.24) is 14.9 Å². The number of amides is 1. The summed E-state index contributed by atoms with van der Waals surface area (Å²) in [4.78, 5) is 30.4. The number of rotatable bonds is 11. The topological polar surface area (TPSA) is 84.2 Å². The Hall–Kier alpha value is -2.67. The van der Waals surface area contributed by atoms with Crippen LogP contribution in [-0.2, 0) is 11.2 Å². The van der Waals surface area contributed by atoms with E-state index >= 15 is 0 Å². The molecule has 2 N–H and O–H groups in total. The lowest BCUT2D eigenvalue weighted by molar-refractivity contribution is -0.139. The zero-order valence-corrected chi connectivity index (χ0v) is 19.2. The highest BCUT2D eigenvalue weighted by atomic mass is 32.1. The molecule has 0 bridgehead atoms. The lowest BCUT2D eigenvalue weighted by atomic mass is 10.1. The SMILES string of the molecule is CCCCC(NC(=O)c1ccc2c(c1)nc(Cc1cccs1)n2C(CC)CC)C(=O)O. The molecule has 2 heterocycles. The van der Waals surface area contributed by atoms with Crippen molar-refractivity contribution < 1.29 is 14.7 Å². The molecule has 166 valence electrons. The van der Waals surface area contributed by atoms with Gasteiger partial charge in [-0.15, -0.1) is 11.3 Å². The lowest BCUT2D eigenvalue weighted by Gasteiger charge is -2.19. The van der Waals surface area contributed by atoms with Crippen molar-refractivity contribution >= 4 is 34.2 Å². The number of fused-ring (bicyclic) bond motifs is 1. The molecule has 1 amide bonds. The van der Waals surface area contributed by atoms with Gasteiger partial charge < -0.3 is 15.0 Å². The molecule has 0 radical (unpaired) electrons. The summed E-state index contributed by atoms with van der Waals surface area (Å²) in [7, 11) is 0. The Morgan fingerprint density at radius 2 is 1.97 bits per heavy atom. The van der Waals surface area contributed by atoms with Gasteiger partial charge in [0.25, 0.3) is 5.91 Å². The first-order valence-corrected chi connectivity index (χ1v) is 11.9. The molecular weight excluding hydrogens is 410 g/mol. The molecule has 0 aliphatic carbocycles. The molecule has 0 fully saturated rings. The largest absolute Gasteiger partial charge is 0.480 e. The minimum atomic E-state index is -1.00. The fraction of sp³-hybridized carbons (Fsp3) is 0.458. The fourth-order valence-corrected chi connectivity index (χ4v) is 4.65. The van der Waals surface area contributed by atoms with Crippen LogP contribution in [0.1, 0.15) is 80.0 Å². The smallest absolute Gasteiger partial charge is 0.326 e. The number of carboxylic acids is 1. The van der Waals surface area contributed by atoms with Gasteiger partial charge in [-0.2, -0.15) is 0 Å². The maximum atomic E-state index is 12.8. The summed E-state index contributed by atoms with van der Waals surface area (Å²) in [6.45, 7) is 6.36. The van der Waals surface area contributed by atoms with Crippen LogP contribution < -0.4 is 5.32 Å². The Bertz CT molecular complexity index is 1020. The minimum Gasteiger partial charge on any atom is -0.480 e. The number of aromatic nitrogens is 2. The van der Waals surface area contributed by atoms with Gasteiger partial charge in [0.2, 0.25) is 0 Å². The number of thiophene rings is 1. The van der Waals surface area contributed by atoms with Crippen molar-refractivity contribution in [3.63, 3.8) is 0 Å². The number of aliphatic carboxylic acids is 1. The number of hydrogen-bond acceptors (Lipinski definition) is 4. The third-order valence-electron chi connectivity index (χ3n) is 5.69. The van der Waals surface area contributed by atoms with Crippen molar-refractivity contribution in [2.45, 2.75) is 71.4 Å². The molecule has 7 heteroatoms. The molecule has 3 rings (SSSR count). The molecule has 6 nitrogen and oxygen atoms in total. The van der Waals surface area contributed by atoms with Gasteiger partial charge in [0.05, 0.1) is 11.0 Å². The minimum absolute atomic E-state index is 0.338. The molecular formula is C24H31N3O3S. The second kappa shape index (κ2) is 10.6. The van der Waals surface area contributed by atoms with E-state index in [0.29, 0.717) is 18.0 Å². The van der Waals surface area contributed by atoms with E-state index in [-0.39, 0.29) is 5.91 Å². The Balaban J connectivity index is 1.94. The highest BCUT2D eigenvalue weighted by Crippen LogP contribution is 2.28. The van der Waals surface area contributed by atoms with Gasteiger partial charge in [-0.25, -0.2) is 9.78 Å². The monoisotopic (exact) mass is 441 g/mol. The van der Waals surface area contributed by atoms with Crippen molar-refractivity contribution in [3.8, 4) is 0 Å². The van der Waals surface area contributed by atoms with E-state index in [1.54, 1.807) is 23.5 Å². The Labute approximate surface area is 187 Å². The molecule has 0 aliphatic rings. The summed E-state index contributed by atoms with van der Waals surface area (Å²) in [5, 5.41) is 14.1. The number of hydrogen-bond donors (Lipinski definition) is 2. The van der Waals surface area contributed by atoms with Crippen molar-refractivity contribution in [1.29, 1.82) is 0 Å². The first kappa shape index (κ1) is 23.0. The predicted molar refractivity (Wildman–Crippen MR) is 125 cm³/mol. The van der Waals surface area contributed by atoms with Crippen molar-refractivity contribution in [2.75, 3.05) is 0 Å². The first-order chi connectivity index (χ1) is 15.0. The van der Waals surface area contributed by atoms with Gasteiger partial charge in [-0.1, -0.05) is 39.7 Å². The number of nitrogens with zero attached hydrogens (tertiary/aromatic N) is 2. The van der Waals surface area contributed by atoms with E-state index in [2.05, 4.69) is 35.2 Å². The molecule has 31 heavy (non-hydrogen) atoms. The molecule has 1 unspecified atom stereocenters. The van der Waals surface area contributed by atoms with Gasteiger partial charge >= 0.3 is 5.97 Å². The quantitative estimate of drug-likeness (QED) is 0.416. The van der Waals surface area contributed by atoms with Crippen molar-refractivity contribution in [3.05, 3.63) is 52.0 Å². The standard InChI is InChI=1S/C24H31N3O3S/c1-4-7-10-19(24(29)30)26-23(28)16-11-12-21-20(14-16)25-22(15-18-9-8-13-31-18)27(21)17(5-2)6-3/h8-9,11-14,17,19H,4-7,10,15H2,1-3H3,(H,26,28)(H,29,30). The normalized spacial score (nSPS) is 12.4. The van der Waals surface area contributed by atoms with E-state index in [1.807, 2.05) is 19.1 Å². The van der Waals surface area contributed by atoms with Gasteiger partial charge in [0.15, 0.2) is 0 Å². The highest BCUT2D eigenvalue weighted by molar-refractivity contribution is 7.09. The Morgan fingerprint density at radius 3 is 2.58 bits per heavy atom. The van der Waals surface area contributed by atoms with Crippen LogP contribution in [-0.4, -0.2) is 32.6 Å². The maximum Gasteiger partial charge on any atom is 0.326 e. The van der Waals surface area contributed by atoms with Gasteiger partial charge in [-0.05, 0) is 48.9 Å². The summed E-state index contributed by atoms with van der Waals surface area (Å²) in [5.41, 5.74) is 2.22. The van der Waals surface area contributed by atoms with E-state index in [0.717, 1.165) is 49.0 Å². The summed E-state index contributed by atoms with van der Waals surface area (Å²) < 4.78 is 2.30. The van der Waals surface area contributed by atoms with Crippen LogP contribution in [0.5, 0.6) is 0 Å². The fourth-order valence-electron chi connectivity index (χ4n) is 3.95. The summed E-state index contributed by atoms with van der Waals surface area (Å²) >= 11 is 1.71. The van der Waals surface area contributed by atoms with E-state index in [1.165, 1.54) is 4.88 Å². The zero-order chi connectivity index (χ0) is 22.4. The predicted octanol–water partition coefficient (Wildman–Crippen LogP) is 5.42. The third kappa shape index (κ3) is 5.34. The molecule has 1 aromatic carbocycles. The van der Waals surface area contributed by atoms with Crippen LogP contribution in [0.2, 0.25) is 0 Å². The number of unbranched alkanes of at least 4 members (excludes halogenated alkanes) is 1. The van der Waals surface area contributed by atoms with Crippen molar-refractivity contribution in [2.24, 2.45) is 0 Å². The van der Waals surface area contributed by atoms with Crippen LogP contribution >= 0.6 is 11.3 Å². The lowest BCUT2D eigenvalue weighted by Crippen LogP contribution is -2.40. The van der Waals surface area contributed by atoms with E-state index < -0.39 is 12.0 Å². The summed E-state index contributed by atoms with van der Waals surface area (Å²) in [6, 6.07) is 9.11. The van der Waals surface area contributed by atoms with Gasteiger partial charge in [0, 0.05) is 22.9 Å². The van der Waals surface area contributed by atoms with Gasteiger partial charge in [-0.3, -0.25) is 4.79 Å². The molecule has 1 atom stereocenters. The Morgan fingerprint density at radius 1 is 1.19 bits per heavy atom. The van der Waals surface area contributed by atoms with Crippen LogP contribution in [0.4, 0.5) is 0 Å². The molecule has 3 aromatic rings. The average molecular weight is 442 g/mol. The maximum absolute atomic E-state index is 12.8. The Kier molecular flexibility index (Phi) is 7.85. The van der Waals surface area contributed by atoms with Crippen LogP contribution in [0, 0.1) is 0 Å². The molecule has 2 aromatic heterocycles. The molecule has 0 saturated carbocycles. The zero-order valence-electron chi connectivity index (χ0n) is 18.4. The number of nitrogens with one attached hydrogen (secondary N) is 1. The number of imidazole rings is 1. The van der Waals surface area contributed by atoms with Crippen LogP contribution in [0.3, 0.4) is 0 Å². The second-order valence-electron chi connectivity index (χ2n) is 7.83. The number of benzene rings is 1.